The summed E-state index contributed by atoms with van der Waals surface area (Å²) < 4.78 is 0. The van der Waals surface area contributed by atoms with Gasteiger partial charge in [0.15, 0.2) is 0 Å². The van der Waals surface area contributed by atoms with Crippen molar-refractivity contribution in [3.8, 4) is 0 Å². The first kappa shape index (κ1) is 13.0. The van der Waals surface area contributed by atoms with Crippen molar-refractivity contribution >= 4 is 5.69 Å². The van der Waals surface area contributed by atoms with Crippen LogP contribution in [0.3, 0.4) is 0 Å². The molecule has 0 spiro atoms. The largest absolute Gasteiger partial charge is 0.399 e. The van der Waals surface area contributed by atoms with Crippen LogP contribution in [0.15, 0.2) is 24.3 Å². The summed E-state index contributed by atoms with van der Waals surface area (Å²) in [5.41, 5.74) is 9.30. The lowest BCUT2D eigenvalue weighted by atomic mass is 9.95. The second kappa shape index (κ2) is 3.76. The zero-order chi connectivity index (χ0) is 13.9. The molecule has 2 fully saturated rings. The van der Waals surface area contributed by atoms with E-state index in [0.717, 1.165) is 12.2 Å². The number of benzene rings is 1. The quantitative estimate of drug-likeness (QED) is 0.813. The third-order valence-corrected chi connectivity index (χ3v) is 6.04. The highest BCUT2D eigenvalue weighted by Crippen LogP contribution is 2.63. The van der Waals surface area contributed by atoms with Crippen molar-refractivity contribution in [3.63, 3.8) is 0 Å². The Labute approximate surface area is 116 Å². The van der Waals surface area contributed by atoms with Crippen LogP contribution in [0.4, 0.5) is 5.69 Å². The smallest absolute Gasteiger partial charge is 0.0314 e. The number of nitrogens with two attached hydrogens (primary N) is 1. The number of nitrogens with one attached hydrogen (secondary N) is 1. The summed E-state index contributed by atoms with van der Waals surface area (Å²) in [6.45, 7) is 10.6. The van der Waals surface area contributed by atoms with Gasteiger partial charge in [0, 0.05) is 23.7 Å². The minimum Gasteiger partial charge on any atom is -0.399 e. The molecule has 1 aromatic rings. The van der Waals surface area contributed by atoms with Crippen LogP contribution in [0.5, 0.6) is 0 Å². The minimum atomic E-state index is 0.377. The summed E-state index contributed by atoms with van der Waals surface area (Å²) in [6, 6.07) is 9.10. The summed E-state index contributed by atoms with van der Waals surface area (Å²) in [5.74, 6) is 0. The van der Waals surface area contributed by atoms with Crippen LogP contribution in [0.1, 0.15) is 46.1 Å². The van der Waals surface area contributed by atoms with Crippen molar-refractivity contribution in [2.75, 3.05) is 12.3 Å². The van der Waals surface area contributed by atoms with E-state index in [1.165, 1.54) is 18.4 Å². The Balaban J connectivity index is 1.66. The highest BCUT2D eigenvalue weighted by molar-refractivity contribution is 5.43. The van der Waals surface area contributed by atoms with Crippen molar-refractivity contribution in [1.82, 2.24) is 5.32 Å². The van der Waals surface area contributed by atoms with Crippen LogP contribution in [-0.2, 0) is 5.41 Å². The number of anilines is 1. The third-order valence-electron chi connectivity index (χ3n) is 6.04. The molecule has 2 aliphatic rings. The van der Waals surface area contributed by atoms with Gasteiger partial charge < -0.3 is 11.1 Å². The molecule has 0 aromatic heterocycles. The Hall–Kier alpha value is -1.02. The fraction of sp³-hybridized carbons (Fsp3) is 0.647. The van der Waals surface area contributed by atoms with E-state index in [1.54, 1.807) is 0 Å². The van der Waals surface area contributed by atoms with Gasteiger partial charge in [0.05, 0.1) is 0 Å². The molecular formula is C17H26N2. The standard InChI is InChI=1S/C17H26N2/c1-15(2)14(16(15,3)4)19-11-17(9-10-17)12-5-7-13(18)8-6-12/h5-8,14,19H,9-11,18H2,1-4H3. The molecule has 1 aromatic carbocycles. The molecule has 19 heavy (non-hydrogen) atoms. The molecule has 0 heterocycles. The molecule has 0 unspecified atom stereocenters. The van der Waals surface area contributed by atoms with E-state index >= 15 is 0 Å². The molecule has 3 rings (SSSR count). The topological polar surface area (TPSA) is 38.0 Å². The third kappa shape index (κ3) is 1.88. The molecule has 2 heteroatoms. The van der Waals surface area contributed by atoms with E-state index in [4.69, 9.17) is 5.73 Å². The lowest BCUT2D eigenvalue weighted by Crippen LogP contribution is -2.31. The van der Waals surface area contributed by atoms with Crippen LogP contribution in [0.25, 0.3) is 0 Å². The Morgan fingerprint density at radius 2 is 1.58 bits per heavy atom. The van der Waals surface area contributed by atoms with Crippen LogP contribution in [0.2, 0.25) is 0 Å². The Morgan fingerprint density at radius 3 is 2.00 bits per heavy atom. The molecule has 0 atom stereocenters. The summed E-state index contributed by atoms with van der Waals surface area (Å²) in [7, 11) is 0. The zero-order valence-electron chi connectivity index (χ0n) is 12.6. The van der Waals surface area contributed by atoms with Crippen molar-refractivity contribution in [1.29, 1.82) is 0 Å². The first-order valence-electron chi connectivity index (χ1n) is 7.39. The Morgan fingerprint density at radius 1 is 1.05 bits per heavy atom. The van der Waals surface area contributed by atoms with Gasteiger partial charge in [-0.05, 0) is 41.4 Å². The summed E-state index contributed by atoms with van der Waals surface area (Å²) in [5, 5.41) is 3.82. The van der Waals surface area contributed by atoms with Crippen LogP contribution >= 0.6 is 0 Å². The van der Waals surface area contributed by atoms with Gasteiger partial charge in [-0.1, -0.05) is 39.8 Å². The van der Waals surface area contributed by atoms with Gasteiger partial charge in [0.25, 0.3) is 0 Å². The van der Waals surface area contributed by atoms with Gasteiger partial charge in [-0.2, -0.15) is 0 Å². The van der Waals surface area contributed by atoms with Crippen molar-refractivity contribution < 1.29 is 0 Å². The molecule has 3 N–H and O–H groups in total. The molecule has 2 aliphatic carbocycles. The van der Waals surface area contributed by atoms with Crippen LogP contribution in [0, 0.1) is 10.8 Å². The number of hydrogen-bond donors (Lipinski definition) is 2. The minimum absolute atomic E-state index is 0.377. The maximum Gasteiger partial charge on any atom is 0.0314 e. The predicted molar refractivity (Wildman–Crippen MR) is 81.1 cm³/mol. The maximum absolute atomic E-state index is 5.78. The monoisotopic (exact) mass is 258 g/mol. The first-order valence-corrected chi connectivity index (χ1v) is 7.39. The average Bonchev–Trinajstić information content (AvgIpc) is 3.17. The van der Waals surface area contributed by atoms with Gasteiger partial charge in [-0.25, -0.2) is 0 Å². The van der Waals surface area contributed by atoms with Crippen molar-refractivity contribution in [3.05, 3.63) is 29.8 Å². The Kier molecular flexibility index (Phi) is 2.57. The van der Waals surface area contributed by atoms with Gasteiger partial charge in [0.1, 0.15) is 0 Å². The highest BCUT2D eigenvalue weighted by atomic mass is 15.1. The van der Waals surface area contributed by atoms with E-state index in [9.17, 15) is 0 Å². The SMILES string of the molecule is CC1(C)C(NCC2(c3ccc(N)cc3)CC2)C1(C)C. The Bertz CT molecular complexity index is 466. The molecule has 0 aliphatic heterocycles. The fourth-order valence-corrected chi connectivity index (χ4v) is 3.56. The normalized spacial score (nSPS) is 26.1. The van der Waals surface area contributed by atoms with Gasteiger partial charge in [-0.15, -0.1) is 0 Å². The van der Waals surface area contributed by atoms with E-state index in [2.05, 4.69) is 45.1 Å². The van der Waals surface area contributed by atoms with Crippen molar-refractivity contribution in [2.24, 2.45) is 10.8 Å². The molecule has 0 bridgehead atoms. The summed E-state index contributed by atoms with van der Waals surface area (Å²) in [6.07, 6.45) is 2.61. The van der Waals surface area contributed by atoms with Gasteiger partial charge >= 0.3 is 0 Å². The van der Waals surface area contributed by atoms with E-state index in [0.29, 0.717) is 22.3 Å². The lowest BCUT2D eigenvalue weighted by molar-refractivity contribution is 0.457. The predicted octanol–water partition coefficient (Wildman–Crippen LogP) is 3.32. The molecule has 0 radical (unpaired) electrons. The van der Waals surface area contributed by atoms with Crippen molar-refractivity contribution in [2.45, 2.75) is 52.0 Å². The molecule has 104 valence electrons. The summed E-state index contributed by atoms with van der Waals surface area (Å²) >= 11 is 0. The van der Waals surface area contributed by atoms with E-state index in [-0.39, 0.29) is 0 Å². The van der Waals surface area contributed by atoms with Crippen LogP contribution in [-0.4, -0.2) is 12.6 Å². The number of hydrogen-bond acceptors (Lipinski definition) is 2. The number of rotatable bonds is 4. The summed E-state index contributed by atoms with van der Waals surface area (Å²) in [4.78, 5) is 0. The van der Waals surface area contributed by atoms with E-state index in [1.807, 2.05) is 12.1 Å². The number of nitrogen functional groups attached to an aromatic ring is 1. The highest BCUT2D eigenvalue weighted by Gasteiger charge is 2.65. The molecule has 0 amide bonds. The van der Waals surface area contributed by atoms with Gasteiger partial charge in [0.2, 0.25) is 0 Å². The van der Waals surface area contributed by atoms with E-state index < -0.39 is 0 Å². The second-order valence-corrected chi connectivity index (χ2v) is 7.66. The molecule has 2 nitrogen and oxygen atoms in total. The molecular weight excluding hydrogens is 232 g/mol. The lowest BCUT2D eigenvalue weighted by Gasteiger charge is -2.18. The fourth-order valence-electron chi connectivity index (χ4n) is 3.56. The maximum atomic E-state index is 5.78. The van der Waals surface area contributed by atoms with Crippen LogP contribution < -0.4 is 11.1 Å². The second-order valence-electron chi connectivity index (χ2n) is 7.66. The van der Waals surface area contributed by atoms with Gasteiger partial charge in [-0.3, -0.25) is 0 Å². The molecule has 2 saturated carbocycles. The average molecular weight is 258 g/mol. The zero-order valence-corrected chi connectivity index (χ0v) is 12.6. The first-order chi connectivity index (χ1) is 8.80. The molecule has 0 saturated heterocycles.